The van der Waals surface area contributed by atoms with Gasteiger partial charge in [-0.3, -0.25) is 9.69 Å². The molecule has 1 saturated heterocycles. The van der Waals surface area contributed by atoms with Gasteiger partial charge in [0.1, 0.15) is 19.3 Å². The van der Waals surface area contributed by atoms with Crippen molar-refractivity contribution in [1.82, 2.24) is 10.2 Å². The molecule has 2 aliphatic rings. The maximum Gasteiger partial charge on any atom is 0.325 e. The molecule has 6 nitrogen and oxygen atoms in total. The topological polar surface area (TPSA) is 67.9 Å². The van der Waals surface area contributed by atoms with Crippen LogP contribution >= 0.6 is 15.9 Å². The van der Waals surface area contributed by atoms with Crippen molar-refractivity contribution in [3.8, 4) is 11.5 Å². The average Bonchev–Trinajstić information content (AvgIpc) is 2.75. The van der Waals surface area contributed by atoms with Gasteiger partial charge in [0.05, 0.1) is 11.0 Å². The minimum absolute atomic E-state index is 0.200. The number of ether oxygens (including phenoxy) is 2. The lowest BCUT2D eigenvalue weighted by Gasteiger charge is -2.24. The minimum atomic E-state index is -0.504. The third-order valence-electron chi connectivity index (χ3n) is 3.89. The van der Waals surface area contributed by atoms with Gasteiger partial charge in [-0.05, 0) is 39.0 Å². The van der Waals surface area contributed by atoms with E-state index in [0.717, 1.165) is 10.0 Å². The zero-order chi connectivity index (χ0) is 16.8. The van der Waals surface area contributed by atoms with Crippen LogP contribution in [0.5, 0.6) is 11.5 Å². The van der Waals surface area contributed by atoms with Gasteiger partial charge in [0.2, 0.25) is 0 Å². The van der Waals surface area contributed by atoms with Crippen LogP contribution in [0.4, 0.5) is 4.79 Å². The van der Waals surface area contributed by atoms with Crippen molar-refractivity contribution < 1.29 is 19.1 Å². The van der Waals surface area contributed by atoms with Crippen molar-refractivity contribution in [2.75, 3.05) is 13.2 Å². The number of hydrogen-bond acceptors (Lipinski definition) is 4. The Kier molecular flexibility index (Phi) is 4.00. The lowest BCUT2D eigenvalue weighted by atomic mass is 9.87. The van der Waals surface area contributed by atoms with Crippen LogP contribution in [-0.2, 0) is 11.3 Å². The molecule has 7 heteroatoms. The SMILES string of the molecule is CC(C)(C)[C@@H]1NC(=O)N(Cc2cc(Br)c3c(c2)OCCO3)C1=O. The number of hydrogen-bond donors (Lipinski definition) is 1. The zero-order valence-electron chi connectivity index (χ0n) is 13.3. The van der Waals surface area contributed by atoms with Gasteiger partial charge >= 0.3 is 6.03 Å². The third kappa shape index (κ3) is 3.02. The summed E-state index contributed by atoms with van der Waals surface area (Å²) < 4.78 is 11.9. The second-order valence-corrected chi connectivity index (χ2v) is 7.63. The van der Waals surface area contributed by atoms with E-state index in [4.69, 9.17) is 9.47 Å². The van der Waals surface area contributed by atoms with Crippen LogP contribution in [0.25, 0.3) is 0 Å². The van der Waals surface area contributed by atoms with Gasteiger partial charge in [0.25, 0.3) is 5.91 Å². The second-order valence-electron chi connectivity index (χ2n) is 6.77. The molecular formula is C16H19BrN2O4. The Morgan fingerprint density at radius 3 is 2.61 bits per heavy atom. The fourth-order valence-corrected chi connectivity index (χ4v) is 3.30. The quantitative estimate of drug-likeness (QED) is 0.798. The summed E-state index contributed by atoms with van der Waals surface area (Å²) in [5.41, 5.74) is 0.480. The molecule has 124 valence electrons. The maximum absolute atomic E-state index is 12.5. The van der Waals surface area contributed by atoms with E-state index in [1.54, 1.807) is 0 Å². The van der Waals surface area contributed by atoms with Crippen molar-refractivity contribution in [3.63, 3.8) is 0 Å². The smallest absolute Gasteiger partial charge is 0.325 e. The molecule has 0 aromatic heterocycles. The summed E-state index contributed by atoms with van der Waals surface area (Å²) >= 11 is 3.45. The third-order valence-corrected chi connectivity index (χ3v) is 4.48. The number of fused-ring (bicyclic) bond motifs is 1. The van der Waals surface area contributed by atoms with Crippen molar-refractivity contribution >= 4 is 27.9 Å². The fraction of sp³-hybridized carbons (Fsp3) is 0.500. The molecule has 0 unspecified atom stereocenters. The maximum atomic E-state index is 12.5. The van der Waals surface area contributed by atoms with Gasteiger partial charge in [0, 0.05) is 0 Å². The van der Waals surface area contributed by atoms with E-state index >= 15 is 0 Å². The first kappa shape index (κ1) is 16.1. The fourth-order valence-electron chi connectivity index (χ4n) is 2.69. The summed E-state index contributed by atoms with van der Waals surface area (Å²) in [5.74, 6) is 1.08. The van der Waals surface area contributed by atoms with Crippen LogP contribution < -0.4 is 14.8 Å². The number of carbonyl (C=O) groups excluding carboxylic acids is 2. The predicted octanol–water partition coefficient (Wildman–Crippen LogP) is 2.69. The lowest BCUT2D eigenvalue weighted by Crippen LogP contribution is -2.41. The molecule has 1 N–H and O–H groups in total. The normalized spacial score (nSPS) is 20.7. The number of urea groups is 1. The van der Waals surface area contributed by atoms with E-state index in [1.807, 2.05) is 32.9 Å². The first-order valence-corrected chi connectivity index (χ1v) is 8.26. The summed E-state index contributed by atoms with van der Waals surface area (Å²) in [5, 5.41) is 2.76. The van der Waals surface area contributed by atoms with E-state index in [0.29, 0.717) is 24.7 Å². The van der Waals surface area contributed by atoms with E-state index in [2.05, 4.69) is 21.2 Å². The molecule has 3 rings (SSSR count). The van der Waals surface area contributed by atoms with Gasteiger partial charge in [-0.1, -0.05) is 20.8 Å². The predicted molar refractivity (Wildman–Crippen MR) is 87.5 cm³/mol. The van der Waals surface area contributed by atoms with Gasteiger partial charge in [-0.15, -0.1) is 0 Å². The van der Waals surface area contributed by atoms with Crippen molar-refractivity contribution in [3.05, 3.63) is 22.2 Å². The molecule has 1 atom stereocenters. The van der Waals surface area contributed by atoms with E-state index in [9.17, 15) is 9.59 Å². The van der Waals surface area contributed by atoms with Crippen LogP contribution in [0, 0.1) is 5.41 Å². The van der Waals surface area contributed by atoms with Crippen LogP contribution in [0.15, 0.2) is 16.6 Å². The number of carbonyl (C=O) groups is 2. The molecule has 1 aromatic carbocycles. The summed E-state index contributed by atoms with van der Waals surface area (Å²) in [4.78, 5) is 25.9. The highest BCUT2D eigenvalue weighted by molar-refractivity contribution is 9.10. The standard InChI is InChI=1S/C16H19BrN2O4/c1-16(2,3)13-14(20)19(15(21)18-13)8-9-6-10(17)12-11(7-9)22-4-5-23-12/h6-7,13H,4-5,8H2,1-3H3,(H,18,21)/t13-/m1/s1. The molecule has 1 aromatic rings. The molecule has 0 aliphatic carbocycles. The molecular weight excluding hydrogens is 364 g/mol. The molecule has 1 fully saturated rings. The average molecular weight is 383 g/mol. The molecule has 23 heavy (non-hydrogen) atoms. The Balaban J connectivity index is 1.84. The van der Waals surface area contributed by atoms with Crippen molar-refractivity contribution in [1.29, 1.82) is 0 Å². The van der Waals surface area contributed by atoms with Crippen LogP contribution in [-0.4, -0.2) is 36.1 Å². The Labute approximate surface area is 143 Å². The monoisotopic (exact) mass is 382 g/mol. The molecule has 0 radical (unpaired) electrons. The highest BCUT2D eigenvalue weighted by atomic mass is 79.9. The highest BCUT2D eigenvalue weighted by Crippen LogP contribution is 2.39. The van der Waals surface area contributed by atoms with E-state index in [1.165, 1.54) is 4.90 Å². The van der Waals surface area contributed by atoms with Crippen LogP contribution in [0.1, 0.15) is 26.3 Å². The van der Waals surface area contributed by atoms with Gasteiger partial charge in [-0.25, -0.2) is 4.79 Å². The zero-order valence-corrected chi connectivity index (χ0v) is 14.9. The molecule has 2 aliphatic heterocycles. The number of nitrogens with zero attached hydrogens (tertiary/aromatic N) is 1. The van der Waals surface area contributed by atoms with Crippen LogP contribution in [0.2, 0.25) is 0 Å². The molecule has 0 spiro atoms. The van der Waals surface area contributed by atoms with Gasteiger partial charge in [0.15, 0.2) is 11.5 Å². The first-order valence-electron chi connectivity index (χ1n) is 7.47. The summed E-state index contributed by atoms with van der Waals surface area (Å²) in [6, 6.07) is 2.79. The molecule has 0 bridgehead atoms. The highest BCUT2D eigenvalue weighted by Gasteiger charge is 2.44. The van der Waals surface area contributed by atoms with Crippen molar-refractivity contribution in [2.45, 2.75) is 33.4 Å². The largest absolute Gasteiger partial charge is 0.486 e. The Morgan fingerprint density at radius 2 is 1.96 bits per heavy atom. The van der Waals surface area contributed by atoms with Gasteiger partial charge in [-0.2, -0.15) is 0 Å². The molecule has 3 amide bonds. The number of imide groups is 1. The number of rotatable bonds is 2. The summed E-state index contributed by atoms with van der Waals surface area (Å²) in [7, 11) is 0. The number of amides is 3. The van der Waals surface area contributed by atoms with Crippen LogP contribution in [0.3, 0.4) is 0 Å². The van der Waals surface area contributed by atoms with Crippen molar-refractivity contribution in [2.24, 2.45) is 5.41 Å². The first-order chi connectivity index (χ1) is 10.8. The summed E-state index contributed by atoms with van der Waals surface area (Å²) in [6.45, 7) is 6.98. The lowest BCUT2D eigenvalue weighted by molar-refractivity contribution is -0.129. The minimum Gasteiger partial charge on any atom is -0.486 e. The molecule has 0 saturated carbocycles. The van der Waals surface area contributed by atoms with E-state index in [-0.39, 0.29) is 23.9 Å². The van der Waals surface area contributed by atoms with Gasteiger partial charge < -0.3 is 14.8 Å². The molecule has 2 heterocycles. The summed E-state index contributed by atoms with van der Waals surface area (Å²) in [6.07, 6.45) is 0. The van der Waals surface area contributed by atoms with E-state index < -0.39 is 6.04 Å². The number of nitrogens with one attached hydrogen (secondary N) is 1. The Morgan fingerprint density at radius 1 is 1.26 bits per heavy atom. The Bertz CT molecular complexity index is 669. The number of benzene rings is 1. The Hall–Kier alpha value is -1.76. The second kappa shape index (κ2) is 5.70. The number of halogens is 1.